The highest BCUT2D eigenvalue weighted by Crippen LogP contribution is 2.08. The summed E-state index contributed by atoms with van der Waals surface area (Å²) >= 11 is 0. The molecule has 4 nitrogen and oxygen atoms in total. The summed E-state index contributed by atoms with van der Waals surface area (Å²) in [6.07, 6.45) is 0.962. The van der Waals surface area contributed by atoms with Crippen LogP contribution < -0.4 is 5.32 Å². The summed E-state index contributed by atoms with van der Waals surface area (Å²) in [6, 6.07) is 7.11. The first kappa shape index (κ1) is 14.7. The zero-order valence-corrected chi connectivity index (χ0v) is 11.0. The second kappa shape index (κ2) is 7.84. The zero-order chi connectivity index (χ0) is 13.4. The van der Waals surface area contributed by atoms with Crippen molar-refractivity contribution in [2.24, 2.45) is 0 Å². The lowest BCUT2D eigenvalue weighted by Crippen LogP contribution is -2.24. The molecular weight excluding hydrogens is 230 g/mol. The average Bonchev–Trinajstić information content (AvgIpc) is 2.33. The molecule has 100 valence electrons. The van der Waals surface area contributed by atoms with Crippen molar-refractivity contribution in [1.29, 1.82) is 0 Å². The van der Waals surface area contributed by atoms with E-state index in [1.807, 2.05) is 26.0 Å². The molecule has 4 heteroatoms. The maximum Gasteiger partial charge on any atom is 0.335 e. The fraction of sp³-hybridized carbons (Fsp3) is 0.500. The van der Waals surface area contributed by atoms with Crippen LogP contribution in [0.2, 0.25) is 0 Å². The molecule has 0 saturated heterocycles. The number of hydrogen-bond donors (Lipinski definition) is 2. The van der Waals surface area contributed by atoms with E-state index in [0.29, 0.717) is 18.6 Å². The molecule has 0 spiro atoms. The maximum absolute atomic E-state index is 11.0. The van der Waals surface area contributed by atoms with Gasteiger partial charge in [-0.05, 0) is 38.4 Å². The highest BCUT2D eigenvalue weighted by atomic mass is 16.5. The predicted octanol–water partition coefficient (Wildman–Crippen LogP) is 1.94. The molecule has 0 fully saturated rings. The van der Waals surface area contributed by atoms with Crippen molar-refractivity contribution in [3.05, 3.63) is 35.4 Å². The van der Waals surface area contributed by atoms with Gasteiger partial charge in [-0.15, -0.1) is 0 Å². The van der Waals surface area contributed by atoms with E-state index in [4.69, 9.17) is 9.84 Å². The molecule has 1 aromatic rings. The summed E-state index contributed by atoms with van der Waals surface area (Å²) in [5.41, 5.74) is 1.25. The molecule has 0 heterocycles. The van der Waals surface area contributed by atoms with Gasteiger partial charge in [0.05, 0.1) is 18.3 Å². The molecule has 0 aliphatic carbocycles. The van der Waals surface area contributed by atoms with Crippen LogP contribution in [0.25, 0.3) is 0 Å². The molecule has 0 aromatic heterocycles. The number of carboxylic acid groups (broad SMARTS) is 1. The van der Waals surface area contributed by atoms with Gasteiger partial charge in [-0.1, -0.05) is 18.2 Å². The van der Waals surface area contributed by atoms with E-state index in [9.17, 15) is 4.79 Å². The Morgan fingerprint density at radius 2 is 2.06 bits per heavy atom. The van der Waals surface area contributed by atoms with E-state index in [1.165, 1.54) is 0 Å². The fourth-order valence-electron chi connectivity index (χ4n) is 1.66. The first-order chi connectivity index (χ1) is 8.61. The van der Waals surface area contributed by atoms with Crippen LogP contribution in [0.5, 0.6) is 0 Å². The lowest BCUT2D eigenvalue weighted by atomic mass is 10.0. The number of carbonyl (C=O) groups is 1. The Balaban J connectivity index is 2.29. The van der Waals surface area contributed by atoms with Crippen LogP contribution in [0.3, 0.4) is 0 Å². The second-order valence-electron chi connectivity index (χ2n) is 4.38. The van der Waals surface area contributed by atoms with Crippen LogP contribution in [0, 0.1) is 0 Å². The Hall–Kier alpha value is -1.39. The summed E-state index contributed by atoms with van der Waals surface area (Å²) in [6.45, 7) is 6.23. The highest BCUT2D eigenvalue weighted by Gasteiger charge is 2.07. The van der Waals surface area contributed by atoms with E-state index in [0.717, 1.165) is 18.7 Å². The lowest BCUT2D eigenvalue weighted by Gasteiger charge is -2.09. The number of ether oxygens (including phenoxy) is 1. The molecular formula is C14H21NO3. The summed E-state index contributed by atoms with van der Waals surface area (Å²) < 4.78 is 5.40. The van der Waals surface area contributed by atoms with Crippen molar-refractivity contribution in [1.82, 2.24) is 5.32 Å². The molecule has 0 amide bonds. The SMILES string of the molecule is CC(C)OCCNCCc1ccccc1C(=O)O. The fourth-order valence-corrected chi connectivity index (χ4v) is 1.66. The van der Waals surface area contributed by atoms with E-state index in [1.54, 1.807) is 12.1 Å². The van der Waals surface area contributed by atoms with Crippen LogP contribution in [-0.4, -0.2) is 36.9 Å². The summed E-state index contributed by atoms with van der Waals surface area (Å²) in [7, 11) is 0. The van der Waals surface area contributed by atoms with Crippen LogP contribution in [-0.2, 0) is 11.2 Å². The third-order valence-electron chi connectivity index (χ3n) is 2.55. The van der Waals surface area contributed by atoms with Gasteiger partial charge in [-0.25, -0.2) is 4.79 Å². The van der Waals surface area contributed by atoms with Gasteiger partial charge in [0, 0.05) is 6.54 Å². The third-order valence-corrected chi connectivity index (χ3v) is 2.55. The van der Waals surface area contributed by atoms with Crippen LogP contribution >= 0.6 is 0 Å². The van der Waals surface area contributed by atoms with E-state index in [2.05, 4.69) is 5.32 Å². The Labute approximate surface area is 108 Å². The molecule has 0 radical (unpaired) electrons. The topological polar surface area (TPSA) is 58.6 Å². The van der Waals surface area contributed by atoms with Crippen molar-refractivity contribution in [3.63, 3.8) is 0 Å². The minimum Gasteiger partial charge on any atom is -0.478 e. The molecule has 2 N–H and O–H groups in total. The Morgan fingerprint density at radius 3 is 2.72 bits per heavy atom. The molecule has 1 rings (SSSR count). The Kier molecular flexibility index (Phi) is 6.39. The molecule has 0 saturated carbocycles. The predicted molar refractivity (Wildman–Crippen MR) is 71.1 cm³/mol. The molecule has 0 atom stereocenters. The molecule has 0 aliphatic heterocycles. The van der Waals surface area contributed by atoms with Gasteiger partial charge in [0.15, 0.2) is 0 Å². The molecule has 1 aromatic carbocycles. The smallest absolute Gasteiger partial charge is 0.335 e. The van der Waals surface area contributed by atoms with Crippen LogP contribution in [0.1, 0.15) is 29.8 Å². The molecule has 0 aliphatic rings. The minimum absolute atomic E-state index is 0.250. The number of hydrogen-bond acceptors (Lipinski definition) is 3. The molecule has 0 unspecified atom stereocenters. The number of benzene rings is 1. The monoisotopic (exact) mass is 251 g/mol. The lowest BCUT2D eigenvalue weighted by molar-refractivity contribution is 0.0695. The standard InChI is InChI=1S/C14H21NO3/c1-11(2)18-10-9-15-8-7-12-5-3-4-6-13(12)14(16)17/h3-6,11,15H,7-10H2,1-2H3,(H,16,17). The van der Waals surface area contributed by atoms with E-state index < -0.39 is 5.97 Å². The summed E-state index contributed by atoms with van der Waals surface area (Å²) in [4.78, 5) is 11.0. The highest BCUT2D eigenvalue weighted by molar-refractivity contribution is 5.89. The largest absolute Gasteiger partial charge is 0.478 e. The van der Waals surface area contributed by atoms with Gasteiger partial charge in [0.25, 0.3) is 0 Å². The van der Waals surface area contributed by atoms with Crippen molar-refractivity contribution in [2.45, 2.75) is 26.4 Å². The molecule has 0 bridgehead atoms. The van der Waals surface area contributed by atoms with Crippen LogP contribution in [0.4, 0.5) is 0 Å². The van der Waals surface area contributed by atoms with Gasteiger partial charge < -0.3 is 15.2 Å². The average molecular weight is 251 g/mol. The quantitative estimate of drug-likeness (QED) is 0.693. The number of rotatable bonds is 8. The first-order valence-electron chi connectivity index (χ1n) is 6.24. The van der Waals surface area contributed by atoms with E-state index in [-0.39, 0.29) is 6.10 Å². The molecule has 18 heavy (non-hydrogen) atoms. The number of nitrogens with one attached hydrogen (secondary N) is 1. The summed E-state index contributed by atoms with van der Waals surface area (Å²) in [5.74, 6) is -0.867. The minimum atomic E-state index is -0.867. The van der Waals surface area contributed by atoms with Gasteiger partial charge in [-0.3, -0.25) is 0 Å². The number of aromatic carboxylic acids is 1. The maximum atomic E-state index is 11.0. The van der Waals surface area contributed by atoms with Gasteiger partial charge in [0.1, 0.15) is 0 Å². The van der Waals surface area contributed by atoms with Crippen molar-refractivity contribution in [3.8, 4) is 0 Å². The third kappa shape index (κ3) is 5.29. The normalized spacial score (nSPS) is 10.8. The Bertz CT molecular complexity index is 377. The van der Waals surface area contributed by atoms with Crippen molar-refractivity contribution >= 4 is 5.97 Å². The first-order valence-corrected chi connectivity index (χ1v) is 6.24. The summed E-state index contributed by atoms with van der Waals surface area (Å²) in [5, 5.41) is 12.3. The van der Waals surface area contributed by atoms with E-state index >= 15 is 0 Å². The van der Waals surface area contributed by atoms with Crippen molar-refractivity contribution < 1.29 is 14.6 Å². The second-order valence-corrected chi connectivity index (χ2v) is 4.38. The zero-order valence-electron chi connectivity index (χ0n) is 11.0. The van der Waals surface area contributed by atoms with Crippen molar-refractivity contribution in [2.75, 3.05) is 19.7 Å². The Morgan fingerprint density at radius 1 is 1.33 bits per heavy atom. The van der Waals surface area contributed by atoms with Gasteiger partial charge >= 0.3 is 5.97 Å². The number of carboxylic acids is 1. The van der Waals surface area contributed by atoms with Gasteiger partial charge in [0.2, 0.25) is 0 Å². The van der Waals surface area contributed by atoms with Gasteiger partial charge in [-0.2, -0.15) is 0 Å². The van der Waals surface area contributed by atoms with Crippen LogP contribution in [0.15, 0.2) is 24.3 Å².